The number of amides is 1. The number of hydrogen-bond acceptors (Lipinski definition) is 8. The Morgan fingerprint density at radius 3 is 1.18 bits per heavy atom. The number of aliphatic hydroxyl groups is 5. The van der Waals surface area contributed by atoms with Gasteiger partial charge in [-0.3, -0.25) is 4.79 Å². The maximum Gasteiger partial charge on any atom is 0.220 e. The van der Waals surface area contributed by atoms with Crippen LogP contribution < -0.4 is 5.32 Å². The van der Waals surface area contributed by atoms with Crippen LogP contribution in [0.5, 0.6) is 0 Å². The van der Waals surface area contributed by atoms with Crippen LogP contribution in [0.2, 0.25) is 0 Å². The lowest BCUT2D eigenvalue weighted by Crippen LogP contribution is -2.60. The lowest BCUT2D eigenvalue weighted by atomic mass is 9.99. The summed E-state index contributed by atoms with van der Waals surface area (Å²) in [5.41, 5.74) is 0. The Kier molecular flexibility index (Phi) is 53.1. The molecule has 1 aliphatic rings. The molecule has 0 bridgehead atoms. The molecule has 76 heavy (non-hydrogen) atoms. The third-order valence-corrected chi connectivity index (χ3v) is 15.3. The molecular weight excluding hydrogens is 947 g/mol. The van der Waals surface area contributed by atoms with Crippen molar-refractivity contribution in [2.24, 2.45) is 0 Å². The zero-order valence-electron chi connectivity index (χ0n) is 49.5. The van der Waals surface area contributed by atoms with Gasteiger partial charge in [-0.2, -0.15) is 0 Å². The first kappa shape index (κ1) is 71.9. The summed E-state index contributed by atoms with van der Waals surface area (Å²) in [5, 5.41) is 54.6. The molecule has 0 aromatic heterocycles. The number of carbonyl (C=O) groups excluding carboxylic acids is 1. The van der Waals surface area contributed by atoms with E-state index in [0.29, 0.717) is 6.42 Å². The molecule has 444 valence electrons. The van der Waals surface area contributed by atoms with Crippen molar-refractivity contribution < 1.29 is 39.8 Å². The second-order valence-corrected chi connectivity index (χ2v) is 22.5. The van der Waals surface area contributed by atoms with E-state index in [9.17, 15) is 30.3 Å². The van der Waals surface area contributed by atoms with Crippen molar-refractivity contribution in [3.05, 3.63) is 60.8 Å². The predicted molar refractivity (Wildman–Crippen MR) is 322 cm³/mol. The molecule has 0 aromatic carbocycles. The third-order valence-electron chi connectivity index (χ3n) is 15.3. The number of nitrogens with one attached hydrogen (secondary N) is 1. The van der Waals surface area contributed by atoms with E-state index in [0.717, 1.165) is 51.4 Å². The minimum absolute atomic E-state index is 0.187. The Morgan fingerprint density at radius 2 is 0.789 bits per heavy atom. The highest BCUT2D eigenvalue weighted by Gasteiger charge is 2.44. The molecule has 0 spiro atoms. The van der Waals surface area contributed by atoms with Crippen LogP contribution in [0.15, 0.2) is 60.8 Å². The monoisotopic (exact) mass is 1070 g/mol. The van der Waals surface area contributed by atoms with Gasteiger partial charge >= 0.3 is 0 Å². The van der Waals surface area contributed by atoms with Gasteiger partial charge in [0.25, 0.3) is 0 Å². The van der Waals surface area contributed by atoms with E-state index in [2.05, 4.69) is 67.8 Å². The van der Waals surface area contributed by atoms with Gasteiger partial charge in [-0.15, -0.1) is 0 Å². The number of rotatable bonds is 56. The fourth-order valence-electron chi connectivity index (χ4n) is 10.2. The highest BCUT2D eigenvalue weighted by atomic mass is 16.7. The largest absolute Gasteiger partial charge is 0.394 e. The standard InChI is InChI=1S/C67H123NO8/c1-3-5-7-9-11-13-15-17-19-21-23-25-26-27-28-29-30-31-32-33-34-35-36-37-39-41-43-45-47-49-51-53-55-57-63(71)68-60(59-75-67-66(74)65(73)64(72)62(58-69)76-67)61(70)56-54-52-50-48-46-44-42-40-38-24-22-20-18-16-14-12-10-8-6-4-2/h15,17,21,23,38,40,46,48,54,56,60-62,64-67,69-70,72-74H,3-14,16,18-20,22,24-37,39,41-45,47,49-53,55,57-59H2,1-2H3,(H,68,71)/b17-15-,23-21-,40-38+,48-46+,56-54+. The first-order valence-electron chi connectivity index (χ1n) is 32.5. The summed E-state index contributed by atoms with van der Waals surface area (Å²) in [4.78, 5) is 13.1. The van der Waals surface area contributed by atoms with Crippen LogP contribution in [-0.2, 0) is 14.3 Å². The van der Waals surface area contributed by atoms with Crippen LogP contribution in [0.1, 0.15) is 303 Å². The van der Waals surface area contributed by atoms with Crippen LogP contribution in [0, 0.1) is 0 Å². The Bertz CT molecular complexity index is 1380. The first-order chi connectivity index (χ1) is 37.3. The molecule has 9 heteroatoms. The normalized spacial score (nSPS) is 19.2. The second-order valence-electron chi connectivity index (χ2n) is 22.5. The summed E-state index contributed by atoms with van der Waals surface area (Å²) < 4.78 is 11.3. The zero-order valence-corrected chi connectivity index (χ0v) is 49.5. The average molecular weight is 1070 g/mol. The van der Waals surface area contributed by atoms with Crippen LogP contribution in [0.25, 0.3) is 0 Å². The van der Waals surface area contributed by atoms with E-state index in [-0.39, 0.29) is 12.5 Å². The Morgan fingerprint density at radius 1 is 0.447 bits per heavy atom. The van der Waals surface area contributed by atoms with Gasteiger partial charge in [-0.25, -0.2) is 0 Å². The van der Waals surface area contributed by atoms with Gasteiger partial charge in [0.05, 0.1) is 25.4 Å². The molecule has 1 heterocycles. The minimum atomic E-state index is -1.58. The lowest BCUT2D eigenvalue weighted by Gasteiger charge is -2.40. The van der Waals surface area contributed by atoms with Gasteiger partial charge in [0, 0.05) is 6.42 Å². The lowest BCUT2D eigenvalue weighted by molar-refractivity contribution is -0.302. The van der Waals surface area contributed by atoms with Gasteiger partial charge in [-0.1, -0.05) is 280 Å². The summed E-state index contributed by atoms with van der Waals surface area (Å²) in [6, 6.07) is -0.829. The summed E-state index contributed by atoms with van der Waals surface area (Å²) in [6.45, 7) is 3.77. The van der Waals surface area contributed by atoms with Crippen LogP contribution >= 0.6 is 0 Å². The number of carbonyl (C=O) groups is 1. The molecule has 9 nitrogen and oxygen atoms in total. The van der Waals surface area contributed by atoms with E-state index < -0.39 is 49.5 Å². The maximum absolute atomic E-state index is 13.1. The Labute approximate surface area is 468 Å². The van der Waals surface area contributed by atoms with Gasteiger partial charge in [0.1, 0.15) is 24.4 Å². The Hall–Kier alpha value is -2.11. The summed E-state index contributed by atoms with van der Waals surface area (Å²) in [5.74, 6) is -0.187. The number of hydrogen-bond donors (Lipinski definition) is 6. The number of ether oxygens (including phenoxy) is 2. The molecule has 1 fully saturated rings. The molecule has 1 saturated heterocycles. The SMILES string of the molecule is CCCCCCC/C=C\C/C=C\CCCCCCCCCCCCCCCCCCCCCCCC(=O)NC(COC1OC(CO)C(O)C(O)C1O)C(O)/C=C/CC/C=C/CC/C=C/CCCCCCCCCCCC. The van der Waals surface area contributed by atoms with Gasteiger partial charge < -0.3 is 40.3 Å². The van der Waals surface area contributed by atoms with E-state index in [4.69, 9.17) is 9.47 Å². The molecule has 7 unspecified atom stereocenters. The molecule has 0 aromatic rings. The van der Waals surface area contributed by atoms with E-state index in [1.807, 2.05) is 6.08 Å². The van der Waals surface area contributed by atoms with E-state index in [1.165, 1.54) is 231 Å². The molecule has 0 saturated carbocycles. The van der Waals surface area contributed by atoms with Gasteiger partial charge in [0.2, 0.25) is 5.91 Å². The fourth-order valence-corrected chi connectivity index (χ4v) is 10.2. The molecule has 7 atom stereocenters. The molecular formula is C67H123NO8. The van der Waals surface area contributed by atoms with E-state index in [1.54, 1.807) is 6.08 Å². The summed E-state index contributed by atoms with van der Waals surface area (Å²) in [6.07, 6.45) is 70.3. The molecule has 1 rings (SSSR count). The quantitative estimate of drug-likeness (QED) is 0.0261. The van der Waals surface area contributed by atoms with Crippen molar-refractivity contribution in [2.75, 3.05) is 13.2 Å². The topological polar surface area (TPSA) is 149 Å². The summed E-state index contributed by atoms with van der Waals surface area (Å²) >= 11 is 0. The molecule has 6 N–H and O–H groups in total. The fraction of sp³-hybridized carbons (Fsp3) is 0.836. The van der Waals surface area contributed by atoms with Crippen LogP contribution in [0.4, 0.5) is 0 Å². The average Bonchev–Trinajstić information content (AvgIpc) is 3.42. The smallest absolute Gasteiger partial charge is 0.220 e. The number of unbranched alkanes of at least 4 members (excludes halogenated alkanes) is 38. The van der Waals surface area contributed by atoms with Gasteiger partial charge in [0.15, 0.2) is 6.29 Å². The second kappa shape index (κ2) is 56.2. The minimum Gasteiger partial charge on any atom is -0.394 e. The molecule has 0 radical (unpaired) electrons. The van der Waals surface area contributed by atoms with Crippen LogP contribution in [-0.4, -0.2) is 87.5 Å². The molecule has 1 aliphatic heterocycles. The third kappa shape index (κ3) is 44.7. The highest BCUT2D eigenvalue weighted by molar-refractivity contribution is 5.76. The van der Waals surface area contributed by atoms with Crippen molar-refractivity contribution in [3.8, 4) is 0 Å². The Balaban J connectivity index is 2.15. The predicted octanol–water partition coefficient (Wildman–Crippen LogP) is 17.0. The van der Waals surface area contributed by atoms with Crippen LogP contribution in [0.3, 0.4) is 0 Å². The van der Waals surface area contributed by atoms with Crippen molar-refractivity contribution in [2.45, 2.75) is 346 Å². The molecule has 1 amide bonds. The van der Waals surface area contributed by atoms with Crippen molar-refractivity contribution in [3.63, 3.8) is 0 Å². The first-order valence-corrected chi connectivity index (χ1v) is 32.5. The number of aliphatic hydroxyl groups excluding tert-OH is 5. The van der Waals surface area contributed by atoms with Crippen molar-refractivity contribution in [1.82, 2.24) is 5.32 Å². The van der Waals surface area contributed by atoms with E-state index >= 15 is 0 Å². The highest BCUT2D eigenvalue weighted by Crippen LogP contribution is 2.23. The zero-order chi connectivity index (χ0) is 55.0. The maximum atomic E-state index is 13.1. The summed E-state index contributed by atoms with van der Waals surface area (Å²) in [7, 11) is 0. The number of allylic oxidation sites excluding steroid dienone is 9. The van der Waals surface area contributed by atoms with Gasteiger partial charge in [-0.05, 0) is 77.0 Å². The molecule has 0 aliphatic carbocycles. The van der Waals surface area contributed by atoms with Crippen molar-refractivity contribution in [1.29, 1.82) is 0 Å². The van der Waals surface area contributed by atoms with Crippen molar-refractivity contribution >= 4 is 5.91 Å².